The third-order valence-electron chi connectivity index (χ3n) is 1.48. The highest BCUT2D eigenvalue weighted by molar-refractivity contribution is 7.46. The summed E-state index contributed by atoms with van der Waals surface area (Å²) >= 11 is 0. The standard InChI is InChI=1S/C8H10NO5P/c10-8(14-15(11,12)13)9-6-7-4-2-1-3-5-7/h1-5H,6H2,(H,9,10)(H2,11,12,13). The van der Waals surface area contributed by atoms with Gasteiger partial charge in [-0.15, -0.1) is 0 Å². The van der Waals surface area contributed by atoms with Crippen LogP contribution in [0.1, 0.15) is 5.56 Å². The van der Waals surface area contributed by atoms with Gasteiger partial charge in [-0.25, -0.2) is 9.36 Å². The zero-order chi connectivity index (χ0) is 11.3. The minimum absolute atomic E-state index is 0.152. The molecule has 15 heavy (non-hydrogen) atoms. The van der Waals surface area contributed by atoms with Crippen molar-refractivity contribution in [2.45, 2.75) is 6.54 Å². The first-order valence-corrected chi connectivity index (χ1v) is 5.57. The third kappa shape index (κ3) is 5.17. The Morgan fingerprint density at radius 3 is 2.47 bits per heavy atom. The summed E-state index contributed by atoms with van der Waals surface area (Å²) < 4.78 is 14.0. The van der Waals surface area contributed by atoms with Crippen molar-refractivity contribution < 1.29 is 23.7 Å². The lowest BCUT2D eigenvalue weighted by Crippen LogP contribution is -2.22. The molecular weight excluding hydrogens is 221 g/mol. The summed E-state index contributed by atoms with van der Waals surface area (Å²) in [4.78, 5) is 27.4. The van der Waals surface area contributed by atoms with Crippen molar-refractivity contribution in [3.8, 4) is 0 Å². The van der Waals surface area contributed by atoms with E-state index in [2.05, 4.69) is 9.84 Å². The number of phosphoric acid groups is 1. The molecule has 3 N–H and O–H groups in total. The van der Waals surface area contributed by atoms with E-state index >= 15 is 0 Å². The van der Waals surface area contributed by atoms with Crippen LogP contribution in [0.5, 0.6) is 0 Å². The van der Waals surface area contributed by atoms with E-state index in [1.54, 1.807) is 24.3 Å². The van der Waals surface area contributed by atoms with E-state index in [0.29, 0.717) is 0 Å². The highest BCUT2D eigenvalue weighted by Gasteiger charge is 2.19. The van der Waals surface area contributed by atoms with Gasteiger partial charge in [0.05, 0.1) is 0 Å². The summed E-state index contributed by atoms with van der Waals surface area (Å²) in [6.45, 7) is 0.152. The second-order valence-electron chi connectivity index (χ2n) is 2.71. The Kier molecular flexibility index (Phi) is 3.85. The van der Waals surface area contributed by atoms with Gasteiger partial charge in [0, 0.05) is 6.54 Å². The van der Waals surface area contributed by atoms with Gasteiger partial charge in [-0.2, -0.15) is 0 Å². The van der Waals surface area contributed by atoms with E-state index in [-0.39, 0.29) is 6.54 Å². The highest BCUT2D eigenvalue weighted by Crippen LogP contribution is 2.35. The van der Waals surface area contributed by atoms with Gasteiger partial charge in [0.1, 0.15) is 0 Å². The fourth-order valence-electron chi connectivity index (χ4n) is 0.910. The minimum atomic E-state index is -4.76. The summed E-state index contributed by atoms with van der Waals surface area (Å²) in [6, 6.07) is 8.91. The van der Waals surface area contributed by atoms with Crippen LogP contribution in [0.3, 0.4) is 0 Å². The van der Waals surface area contributed by atoms with Crippen molar-refractivity contribution in [3.05, 3.63) is 35.9 Å². The normalized spacial score (nSPS) is 10.8. The van der Waals surface area contributed by atoms with E-state index < -0.39 is 13.9 Å². The molecule has 6 nitrogen and oxygen atoms in total. The molecule has 0 spiro atoms. The fraction of sp³-hybridized carbons (Fsp3) is 0.125. The van der Waals surface area contributed by atoms with E-state index in [0.717, 1.165) is 5.56 Å². The summed E-state index contributed by atoms with van der Waals surface area (Å²) in [5, 5.41) is 2.20. The largest absolute Gasteiger partial charge is 0.528 e. The van der Waals surface area contributed by atoms with Gasteiger partial charge >= 0.3 is 13.9 Å². The van der Waals surface area contributed by atoms with Crippen LogP contribution in [0.25, 0.3) is 0 Å². The molecule has 0 aliphatic heterocycles. The lowest BCUT2D eigenvalue weighted by molar-refractivity contribution is 0.176. The molecule has 1 aromatic rings. The molecule has 0 radical (unpaired) electrons. The molecule has 0 aliphatic rings. The van der Waals surface area contributed by atoms with Crippen molar-refractivity contribution in [1.29, 1.82) is 0 Å². The zero-order valence-corrected chi connectivity index (χ0v) is 8.55. The van der Waals surface area contributed by atoms with Crippen LogP contribution in [0, 0.1) is 0 Å². The van der Waals surface area contributed by atoms with Crippen LogP contribution in [0.15, 0.2) is 30.3 Å². The molecule has 0 saturated carbocycles. The molecule has 0 bridgehead atoms. The molecule has 1 aromatic carbocycles. The molecule has 0 saturated heterocycles. The summed E-state index contributed by atoms with van der Waals surface area (Å²) in [5.41, 5.74) is 0.806. The van der Waals surface area contributed by atoms with Crippen LogP contribution in [-0.4, -0.2) is 15.9 Å². The third-order valence-corrected chi connectivity index (χ3v) is 1.89. The average Bonchev–Trinajstić information content (AvgIpc) is 2.14. The molecule has 82 valence electrons. The van der Waals surface area contributed by atoms with Crippen molar-refractivity contribution in [1.82, 2.24) is 5.32 Å². The predicted octanol–water partition coefficient (Wildman–Crippen LogP) is 1.01. The number of phosphoric ester groups is 1. The van der Waals surface area contributed by atoms with E-state index in [9.17, 15) is 9.36 Å². The Labute approximate surface area is 86.1 Å². The van der Waals surface area contributed by atoms with Gasteiger partial charge in [-0.1, -0.05) is 30.3 Å². The van der Waals surface area contributed by atoms with E-state index in [1.807, 2.05) is 6.07 Å². The van der Waals surface area contributed by atoms with Crippen LogP contribution >= 0.6 is 7.82 Å². The quantitative estimate of drug-likeness (QED) is 0.674. The molecule has 0 aromatic heterocycles. The molecule has 0 aliphatic carbocycles. The molecular formula is C8H10NO5P. The fourth-order valence-corrected chi connectivity index (χ4v) is 1.19. The van der Waals surface area contributed by atoms with Gasteiger partial charge in [-0.3, -0.25) is 9.79 Å². The van der Waals surface area contributed by atoms with Crippen LogP contribution in [-0.2, 0) is 15.6 Å². The van der Waals surface area contributed by atoms with Crippen LogP contribution < -0.4 is 5.32 Å². The Morgan fingerprint density at radius 2 is 1.93 bits per heavy atom. The summed E-state index contributed by atoms with van der Waals surface area (Å²) in [6.07, 6.45) is -1.15. The lowest BCUT2D eigenvalue weighted by atomic mass is 10.2. The van der Waals surface area contributed by atoms with Gasteiger partial charge in [0.2, 0.25) is 0 Å². The highest BCUT2D eigenvalue weighted by atomic mass is 31.2. The number of nitrogens with one attached hydrogen (secondary N) is 1. The predicted molar refractivity (Wildman–Crippen MR) is 51.8 cm³/mol. The van der Waals surface area contributed by atoms with E-state index in [4.69, 9.17) is 9.79 Å². The molecule has 0 unspecified atom stereocenters. The number of carbonyl (C=O) groups is 1. The molecule has 7 heteroatoms. The number of benzene rings is 1. The Morgan fingerprint density at radius 1 is 1.33 bits per heavy atom. The monoisotopic (exact) mass is 231 g/mol. The maximum absolute atomic E-state index is 10.8. The number of amides is 1. The van der Waals surface area contributed by atoms with Gasteiger partial charge in [0.15, 0.2) is 0 Å². The number of hydrogen-bond acceptors (Lipinski definition) is 3. The van der Waals surface area contributed by atoms with Gasteiger partial charge in [0.25, 0.3) is 0 Å². The lowest BCUT2D eigenvalue weighted by Gasteiger charge is -2.06. The number of hydrogen-bond donors (Lipinski definition) is 3. The van der Waals surface area contributed by atoms with Crippen molar-refractivity contribution in [3.63, 3.8) is 0 Å². The minimum Gasteiger partial charge on any atom is -0.354 e. The summed E-state index contributed by atoms with van der Waals surface area (Å²) in [5.74, 6) is 0. The first-order valence-electron chi connectivity index (χ1n) is 4.04. The molecule has 0 fully saturated rings. The second-order valence-corrected chi connectivity index (χ2v) is 3.87. The topological polar surface area (TPSA) is 95.9 Å². The van der Waals surface area contributed by atoms with Gasteiger partial charge < -0.3 is 9.84 Å². The van der Waals surface area contributed by atoms with E-state index in [1.165, 1.54) is 0 Å². The molecule has 1 rings (SSSR count). The first-order chi connectivity index (χ1) is 6.97. The van der Waals surface area contributed by atoms with Crippen LogP contribution in [0.4, 0.5) is 4.79 Å². The summed E-state index contributed by atoms with van der Waals surface area (Å²) in [7, 11) is -4.76. The SMILES string of the molecule is O=C(NCc1ccccc1)OP(=O)(O)O. The Balaban J connectivity index is 2.39. The zero-order valence-electron chi connectivity index (χ0n) is 7.66. The number of carbonyl (C=O) groups excluding carboxylic acids is 1. The molecule has 0 atom stereocenters. The second kappa shape index (κ2) is 4.93. The molecule has 1 amide bonds. The van der Waals surface area contributed by atoms with Crippen molar-refractivity contribution >= 4 is 13.9 Å². The molecule has 0 heterocycles. The van der Waals surface area contributed by atoms with Crippen LogP contribution in [0.2, 0.25) is 0 Å². The Hall–Kier alpha value is -1.36. The Bertz CT molecular complexity index is 374. The maximum atomic E-state index is 10.8. The van der Waals surface area contributed by atoms with Crippen molar-refractivity contribution in [2.75, 3.05) is 0 Å². The smallest absolute Gasteiger partial charge is 0.354 e. The average molecular weight is 231 g/mol. The first kappa shape index (κ1) is 11.7. The van der Waals surface area contributed by atoms with Gasteiger partial charge in [-0.05, 0) is 5.56 Å². The maximum Gasteiger partial charge on any atom is 0.528 e. The number of rotatable bonds is 3. The van der Waals surface area contributed by atoms with Crippen molar-refractivity contribution in [2.24, 2.45) is 0 Å².